The van der Waals surface area contributed by atoms with E-state index in [1.54, 1.807) is 31.2 Å². The number of alkyl halides is 1. The van der Waals surface area contributed by atoms with Crippen molar-refractivity contribution in [1.82, 2.24) is 0 Å². The van der Waals surface area contributed by atoms with Crippen molar-refractivity contribution >= 4 is 21.9 Å². The summed E-state index contributed by atoms with van der Waals surface area (Å²) >= 11 is 3.17. The molecular formula is C11H12BrFO3. The molecule has 1 rings (SSSR count). The quantitative estimate of drug-likeness (QED) is 0.866. The maximum atomic E-state index is 13.5. The zero-order valence-corrected chi connectivity index (χ0v) is 10.3. The van der Waals surface area contributed by atoms with Crippen LogP contribution in [0.4, 0.5) is 4.39 Å². The number of hydrogen-bond donors (Lipinski definition) is 1. The highest BCUT2D eigenvalue weighted by Crippen LogP contribution is 2.27. The Bertz CT molecular complexity index is 370. The standard InChI is InChI=1S/C11H12BrFO3/c1-2-16-11(15)9(13)10(14)7-5-3-4-6-8(7)12/h3-6,9-10,14H,2H2,1H3. The van der Waals surface area contributed by atoms with Crippen LogP contribution in [0.15, 0.2) is 28.7 Å². The molecule has 16 heavy (non-hydrogen) atoms. The SMILES string of the molecule is CCOC(=O)C(F)C(O)c1ccccc1Br. The number of rotatable bonds is 4. The molecule has 0 aliphatic carbocycles. The van der Waals surface area contributed by atoms with E-state index in [9.17, 15) is 14.3 Å². The summed E-state index contributed by atoms with van der Waals surface area (Å²) in [7, 11) is 0. The van der Waals surface area contributed by atoms with E-state index in [0.29, 0.717) is 10.0 Å². The van der Waals surface area contributed by atoms with Gasteiger partial charge in [-0.2, -0.15) is 0 Å². The Kier molecular flexibility index (Phi) is 4.89. The van der Waals surface area contributed by atoms with Gasteiger partial charge in [0.15, 0.2) is 0 Å². The Morgan fingerprint density at radius 3 is 2.75 bits per heavy atom. The van der Waals surface area contributed by atoms with Gasteiger partial charge in [0.2, 0.25) is 6.17 Å². The second-order valence-electron chi connectivity index (χ2n) is 3.12. The minimum Gasteiger partial charge on any atom is -0.464 e. The lowest BCUT2D eigenvalue weighted by atomic mass is 10.1. The minimum absolute atomic E-state index is 0.0853. The summed E-state index contributed by atoms with van der Waals surface area (Å²) in [6.07, 6.45) is -3.59. The van der Waals surface area contributed by atoms with Crippen molar-refractivity contribution in [2.75, 3.05) is 6.61 Å². The molecule has 3 nitrogen and oxygen atoms in total. The molecule has 1 aromatic carbocycles. The molecule has 0 heterocycles. The topological polar surface area (TPSA) is 46.5 Å². The van der Waals surface area contributed by atoms with Crippen molar-refractivity contribution < 1.29 is 19.0 Å². The summed E-state index contributed by atoms with van der Waals surface area (Å²) in [4.78, 5) is 11.1. The molecule has 0 aliphatic rings. The third-order valence-electron chi connectivity index (χ3n) is 2.01. The molecule has 5 heteroatoms. The Morgan fingerprint density at radius 2 is 2.19 bits per heavy atom. The average molecular weight is 291 g/mol. The van der Waals surface area contributed by atoms with Gasteiger partial charge in [0.25, 0.3) is 0 Å². The number of aliphatic hydroxyl groups excluding tert-OH is 1. The van der Waals surface area contributed by atoms with Crippen LogP contribution in [0, 0.1) is 0 Å². The van der Waals surface area contributed by atoms with E-state index in [-0.39, 0.29) is 6.61 Å². The predicted octanol–water partition coefficient (Wildman–Crippen LogP) is 2.38. The first-order valence-electron chi connectivity index (χ1n) is 4.81. The fraction of sp³-hybridized carbons (Fsp3) is 0.364. The van der Waals surface area contributed by atoms with Gasteiger partial charge in [-0.05, 0) is 18.6 Å². The molecule has 0 aromatic heterocycles. The highest BCUT2D eigenvalue weighted by molar-refractivity contribution is 9.10. The largest absolute Gasteiger partial charge is 0.464 e. The van der Waals surface area contributed by atoms with E-state index in [2.05, 4.69) is 20.7 Å². The number of esters is 1. The van der Waals surface area contributed by atoms with Crippen LogP contribution in [0.1, 0.15) is 18.6 Å². The first-order valence-corrected chi connectivity index (χ1v) is 5.60. The Morgan fingerprint density at radius 1 is 1.56 bits per heavy atom. The molecule has 1 aromatic rings. The molecule has 0 saturated heterocycles. The van der Waals surface area contributed by atoms with Crippen molar-refractivity contribution in [3.05, 3.63) is 34.3 Å². The summed E-state index contributed by atoms with van der Waals surface area (Å²) in [5, 5.41) is 9.66. The first-order chi connectivity index (χ1) is 7.57. The molecular weight excluding hydrogens is 279 g/mol. The number of ether oxygens (including phenoxy) is 1. The van der Waals surface area contributed by atoms with Crippen LogP contribution in [0.3, 0.4) is 0 Å². The summed E-state index contributed by atoms with van der Waals surface area (Å²) in [6, 6.07) is 6.59. The van der Waals surface area contributed by atoms with Crippen LogP contribution in [0.25, 0.3) is 0 Å². The van der Waals surface area contributed by atoms with Crippen LogP contribution >= 0.6 is 15.9 Å². The van der Waals surface area contributed by atoms with Crippen molar-refractivity contribution in [3.63, 3.8) is 0 Å². The van der Waals surface area contributed by atoms with E-state index in [1.165, 1.54) is 0 Å². The number of carbonyl (C=O) groups excluding carboxylic acids is 1. The molecule has 0 radical (unpaired) electrons. The Labute approximate surface area is 101 Å². The smallest absolute Gasteiger partial charge is 0.343 e. The number of hydrogen-bond acceptors (Lipinski definition) is 3. The first kappa shape index (κ1) is 13.1. The van der Waals surface area contributed by atoms with Crippen molar-refractivity contribution in [2.24, 2.45) is 0 Å². The van der Waals surface area contributed by atoms with Gasteiger partial charge in [-0.25, -0.2) is 9.18 Å². The molecule has 88 valence electrons. The van der Waals surface area contributed by atoms with Gasteiger partial charge in [0, 0.05) is 4.47 Å². The molecule has 2 unspecified atom stereocenters. The van der Waals surface area contributed by atoms with Gasteiger partial charge in [-0.3, -0.25) is 0 Å². The van der Waals surface area contributed by atoms with Crippen LogP contribution in [-0.4, -0.2) is 23.9 Å². The van der Waals surface area contributed by atoms with Crippen LogP contribution in [0.2, 0.25) is 0 Å². The Hall–Kier alpha value is -0.940. The molecule has 1 N–H and O–H groups in total. The number of benzene rings is 1. The maximum absolute atomic E-state index is 13.5. The van der Waals surface area contributed by atoms with E-state index in [4.69, 9.17) is 0 Å². The summed E-state index contributed by atoms with van der Waals surface area (Å²) in [6.45, 7) is 1.66. The highest BCUT2D eigenvalue weighted by atomic mass is 79.9. The molecule has 0 saturated carbocycles. The highest BCUT2D eigenvalue weighted by Gasteiger charge is 2.30. The molecule has 0 spiro atoms. The van der Waals surface area contributed by atoms with E-state index in [0.717, 1.165) is 0 Å². The summed E-state index contributed by atoms with van der Waals surface area (Å²) in [5.41, 5.74) is 0.322. The van der Waals surface area contributed by atoms with E-state index in [1.807, 2.05) is 0 Å². The third kappa shape index (κ3) is 3.02. The van der Waals surface area contributed by atoms with Crippen LogP contribution in [-0.2, 0) is 9.53 Å². The van der Waals surface area contributed by atoms with Crippen molar-refractivity contribution in [2.45, 2.75) is 19.2 Å². The van der Waals surface area contributed by atoms with E-state index < -0.39 is 18.2 Å². The van der Waals surface area contributed by atoms with Crippen molar-refractivity contribution in [3.8, 4) is 0 Å². The van der Waals surface area contributed by atoms with Crippen LogP contribution in [0.5, 0.6) is 0 Å². The van der Waals surface area contributed by atoms with E-state index >= 15 is 0 Å². The van der Waals surface area contributed by atoms with Gasteiger partial charge >= 0.3 is 5.97 Å². The zero-order chi connectivity index (χ0) is 12.1. The lowest BCUT2D eigenvalue weighted by Crippen LogP contribution is -2.26. The number of halogens is 2. The third-order valence-corrected chi connectivity index (χ3v) is 2.74. The van der Waals surface area contributed by atoms with Gasteiger partial charge in [-0.15, -0.1) is 0 Å². The molecule has 0 amide bonds. The predicted molar refractivity (Wildman–Crippen MR) is 60.6 cm³/mol. The zero-order valence-electron chi connectivity index (χ0n) is 8.69. The van der Waals surface area contributed by atoms with Gasteiger partial charge < -0.3 is 9.84 Å². The average Bonchev–Trinajstić information content (AvgIpc) is 2.28. The molecule has 0 bridgehead atoms. The summed E-state index contributed by atoms with van der Waals surface area (Å²) in [5.74, 6) is -1.05. The fourth-order valence-corrected chi connectivity index (χ4v) is 1.74. The fourth-order valence-electron chi connectivity index (χ4n) is 1.22. The Balaban J connectivity index is 2.82. The molecule has 2 atom stereocenters. The molecule has 0 aliphatic heterocycles. The summed E-state index contributed by atoms with van der Waals surface area (Å²) < 4.78 is 18.5. The monoisotopic (exact) mass is 290 g/mol. The lowest BCUT2D eigenvalue weighted by molar-refractivity contribution is -0.153. The second kappa shape index (κ2) is 5.96. The van der Waals surface area contributed by atoms with Gasteiger partial charge in [0.05, 0.1) is 6.61 Å². The van der Waals surface area contributed by atoms with Gasteiger partial charge in [-0.1, -0.05) is 34.1 Å². The van der Waals surface area contributed by atoms with Crippen LogP contribution < -0.4 is 0 Å². The number of aliphatic hydroxyl groups is 1. The molecule has 0 fully saturated rings. The van der Waals surface area contributed by atoms with Gasteiger partial charge in [0.1, 0.15) is 6.10 Å². The normalized spacial score (nSPS) is 14.2. The maximum Gasteiger partial charge on any atom is 0.343 e. The second-order valence-corrected chi connectivity index (χ2v) is 3.97. The lowest BCUT2D eigenvalue weighted by Gasteiger charge is -2.15. The van der Waals surface area contributed by atoms with Crippen molar-refractivity contribution in [1.29, 1.82) is 0 Å². The minimum atomic E-state index is -2.07. The number of carbonyl (C=O) groups is 1.